The number of aromatic nitrogens is 2. The molecule has 0 aliphatic carbocycles. The van der Waals surface area contributed by atoms with Gasteiger partial charge in [0.2, 0.25) is 5.95 Å². The van der Waals surface area contributed by atoms with E-state index < -0.39 is 11.8 Å². The van der Waals surface area contributed by atoms with Crippen molar-refractivity contribution >= 4 is 40.1 Å². The first-order chi connectivity index (χ1) is 10.6. The number of nitrogens with one attached hydrogen (secondary N) is 2. The maximum absolute atomic E-state index is 13.8. The van der Waals surface area contributed by atoms with Crippen molar-refractivity contribution in [2.75, 3.05) is 11.8 Å². The molecule has 0 saturated heterocycles. The second-order valence-corrected chi connectivity index (χ2v) is 5.65. The van der Waals surface area contributed by atoms with E-state index in [1.165, 1.54) is 7.11 Å². The van der Waals surface area contributed by atoms with E-state index >= 15 is 0 Å². The molecule has 0 unspecified atom stereocenters. The zero-order valence-electron chi connectivity index (χ0n) is 11.3. The number of aromatic amines is 1. The van der Waals surface area contributed by atoms with Crippen LogP contribution in [0.2, 0.25) is 5.02 Å². The van der Waals surface area contributed by atoms with Crippen LogP contribution in [0.1, 0.15) is 0 Å². The molecule has 114 valence electrons. The normalized spacial score (nSPS) is 10.9. The fraction of sp³-hybridized carbons (Fsp3) is 0.0714. The Balaban J connectivity index is 1.84. The number of benzene rings is 1. The molecule has 0 fully saturated rings. The van der Waals surface area contributed by atoms with Crippen LogP contribution in [-0.4, -0.2) is 17.1 Å². The number of nitrogens with zero attached hydrogens (tertiary/aromatic N) is 1. The summed E-state index contributed by atoms with van der Waals surface area (Å²) >= 11 is 7.05. The summed E-state index contributed by atoms with van der Waals surface area (Å²) in [6.07, 6.45) is 1.75. The molecule has 3 rings (SSSR count). The van der Waals surface area contributed by atoms with Crippen molar-refractivity contribution in [2.24, 2.45) is 0 Å². The maximum atomic E-state index is 13.8. The molecule has 4 nitrogen and oxygen atoms in total. The third-order valence-electron chi connectivity index (χ3n) is 2.97. The Morgan fingerprint density at radius 1 is 1.32 bits per heavy atom. The molecule has 0 radical (unpaired) electrons. The Bertz CT molecular complexity index is 840. The van der Waals surface area contributed by atoms with Crippen LogP contribution in [0, 0.1) is 11.8 Å². The van der Waals surface area contributed by atoms with Crippen LogP contribution < -0.4 is 9.46 Å². The third kappa shape index (κ3) is 2.82. The van der Waals surface area contributed by atoms with Crippen molar-refractivity contribution in [3.63, 3.8) is 0 Å². The van der Waals surface area contributed by atoms with Crippen LogP contribution in [0.5, 0.6) is 5.88 Å². The van der Waals surface area contributed by atoms with Crippen molar-refractivity contribution in [3.8, 4) is 5.88 Å². The van der Waals surface area contributed by atoms with E-state index in [9.17, 15) is 8.78 Å². The van der Waals surface area contributed by atoms with Gasteiger partial charge in [-0.3, -0.25) is 0 Å². The first-order valence-corrected chi connectivity index (χ1v) is 7.37. The highest BCUT2D eigenvalue weighted by Gasteiger charge is 2.13. The Morgan fingerprint density at radius 3 is 2.91 bits per heavy atom. The molecule has 2 N–H and O–H groups in total. The summed E-state index contributed by atoms with van der Waals surface area (Å²) in [5, 5.41) is 1.54. The Kier molecular flexibility index (Phi) is 4.08. The Labute approximate surface area is 134 Å². The number of fused-ring (bicyclic) bond motifs is 1. The topological polar surface area (TPSA) is 49.9 Å². The molecular formula is C14H10ClF2N3OS. The van der Waals surface area contributed by atoms with Gasteiger partial charge in [0, 0.05) is 28.2 Å². The number of pyridine rings is 1. The zero-order chi connectivity index (χ0) is 15.7. The third-order valence-corrected chi connectivity index (χ3v) is 4.08. The van der Waals surface area contributed by atoms with Gasteiger partial charge in [0.05, 0.1) is 12.0 Å². The van der Waals surface area contributed by atoms with Gasteiger partial charge in [-0.15, -0.1) is 0 Å². The lowest BCUT2D eigenvalue weighted by atomic mass is 10.2. The summed E-state index contributed by atoms with van der Waals surface area (Å²) in [5.74, 6) is -1.96. The molecule has 2 heterocycles. The molecule has 0 saturated carbocycles. The molecule has 0 bridgehead atoms. The highest BCUT2D eigenvalue weighted by molar-refractivity contribution is 8.00. The van der Waals surface area contributed by atoms with Gasteiger partial charge in [0.25, 0.3) is 5.88 Å². The van der Waals surface area contributed by atoms with Gasteiger partial charge in [-0.1, -0.05) is 17.7 Å². The van der Waals surface area contributed by atoms with E-state index in [4.69, 9.17) is 11.6 Å². The number of hydrogen-bond donors (Lipinski definition) is 2. The molecule has 1 aromatic carbocycles. The van der Waals surface area contributed by atoms with E-state index in [1.807, 2.05) is 6.07 Å². The highest BCUT2D eigenvalue weighted by atomic mass is 35.5. The molecule has 0 aliphatic heterocycles. The zero-order valence-corrected chi connectivity index (χ0v) is 12.9. The van der Waals surface area contributed by atoms with Crippen molar-refractivity contribution in [1.29, 1.82) is 0 Å². The van der Waals surface area contributed by atoms with Crippen LogP contribution in [-0.2, 0) is 0 Å². The number of halogens is 3. The van der Waals surface area contributed by atoms with Gasteiger partial charge in [-0.2, -0.15) is 9.37 Å². The Hall–Kier alpha value is -1.99. The highest BCUT2D eigenvalue weighted by Crippen LogP contribution is 2.31. The molecular weight excluding hydrogens is 332 g/mol. The molecule has 3 aromatic rings. The molecule has 0 aliphatic rings. The molecule has 0 atom stereocenters. The van der Waals surface area contributed by atoms with Crippen molar-refractivity contribution < 1.29 is 13.5 Å². The second kappa shape index (κ2) is 6.02. The molecule has 22 heavy (non-hydrogen) atoms. The van der Waals surface area contributed by atoms with Crippen LogP contribution >= 0.6 is 23.5 Å². The summed E-state index contributed by atoms with van der Waals surface area (Å²) < 4.78 is 34.7. The lowest BCUT2D eigenvalue weighted by molar-refractivity contribution is 0.360. The fourth-order valence-corrected chi connectivity index (χ4v) is 2.87. The lowest BCUT2D eigenvalue weighted by Gasteiger charge is -2.07. The summed E-state index contributed by atoms with van der Waals surface area (Å²) in [7, 11) is 1.23. The predicted molar refractivity (Wildman–Crippen MR) is 83.5 cm³/mol. The number of methoxy groups -OCH3 is 1. The van der Waals surface area contributed by atoms with E-state index in [0.717, 1.165) is 33.8 Å². The average Bonchev–Trinajstić information content (AvgIpc) is 2.89. The summed E-state index contributed by atoms with van der Waals surface area (Å²) in [5.41, 5.74) is 0.794. The summed E-state index contributed by atoms with van der Waals surface area (Å²) in [4.78, 5) is 7.28. The summed E-state index contributed by atoms with van der Waals surface area (Å²) in [6, 6.07) is 6.40. The number of hydrogen-bond acceptors (Lipinski definition) is 4. The van der Waals surface area contributed by atoms with Crippen LogP contribution in [0.3, 0.4) is 0 Å². The SMILES string of the molecule is COc1nc(F)c(NSc2c[nH]c3cc(Cl)ccc23)cc1F. The smallest absolute Gasteiger partial charge is 0.252 e. The lowest BCUT2D eigenvalue weighted by Crippen LogP contribution is -1.99. The van der Waals surface area contributed by atoms with Crippen LogP contribution in [0.15, 0.2) is 35.4 Å². The number of anilines is 1. The number of ether oxygens (including phenoxy) is 1. The van der Waals surface area contributed by atoms with Crippen molar-refractivity contribution in [3.05, 3.63) is 47.2 Å². The van der Waals surface area contributed by atoms with Gasteiger partial charge >= 0.3 is 0 Å². The maximum Gasteiger partial charge on any atom is 0.252 e. The molecule has 8 heteroatoms. The molecule has 0 spiro atoms. The minimum atomic E-state index is -0.839. The standard InChI is InChI=1S/C14H10ClF2N3OS/c1-21-14-9(16)5-11(13(17)19-14)20-22-12-6-18-10-4-7(15)2-3-8(10)12/h2-6,18,20H,1H3. The van der Waals surface area contributed by atoms with E-state index in [0.29, 0.717) is 5.02 Å². The minimum Gasteiger partial charge on any atom is -0.479 e. The van der Waals surface area contributed by atoms with Gasteiger partial charge in [0.1, 0.15) is 5.69 Å². The van der Waals surface area contributed by atoms with Crippen LogP contribution in [0.4, 0.5) is 14.5 Å². The Morgan fingerprint density at radius 2 is 2.14 bits per heavy atom. The minimum absolute atomic E-state index is 0.0633. The van der Waals surface area contributed by atoms with Crippen molar-refractivity contribution in [1.82, 2.24) is 9.97 Å². The van der Waals surface area contributed by atoms with Gasteiger partial charge in [0.15, 0.2) is 5.82 Å². The van der Waals surface area contributed by atoms with E-state index in [1.54, 1.807) is 18.3 Å². The van der Waals surface area contributed by atoms with Crippen molar-refractivity contribution in [2.45, 2.75) is 4.90 Å². The second-order valence-electron chi connectivity index (χ2n) is 4.36. The number of H-pyrrole nitrogens is 1. The largest absolute Gasteiger partial charge is 0.479 e. The first kappa shape index (κ1) is 14.9. The monoisotopic (exact) mass is 341 g/mol. The molecule has 2 aromatic heterocycles. The first-order valence-electron chi connectivity index (χ1n) is 6.18. The number of rotatable bonds is 4. The quantitative estimate of drug-likeness (QED) is 0.537. The summed E-state index contributed by atoms with van der Waals surface area (Å²) in [6.45, 7) is 0. The van der Waals surface area contributed by atoms with Crippen LogP contribution in [0.25, 0.3) is 10.9 Å². The van der Waals surface area contributed by atoms with Gasteiger partial charge in [-0.05, 0) is 24.1 Å². The van der Waals surface area contributed by atoms with Gasteiger partial charge < -0.3 is 14.4 Å². The average molecular weight is 342 g/mol. The molecule has 0 amide bonds. The predicted octanol–water partition coefficient (Wildman–Crippen LogP) is 4.62. The van der Waals surface area contributed by atoms with E-state index in [2.05, 4.69) is 19.4 Å². The fourth-order valence-electron chi connectivity index (χ4n) is 1.93. The van der Waals surface area contributed by atoms with Gasteiger partial charge in [-0.25, -0.2) is 4.39 Å². The van der Waals surface area contributed by atoms with E-state index in [-0.39, 0.29) is 11.6 Å².